The first-order valence-corrected chi connectivity index (χ1v) is 9.93. The molecule has 26 heavy (non-hydrogen) atoms. The van der Waals surface area contributed by atoms with E-state index >= 15 is 0 Å². The van der Waals surface area contributed by atoms with Gasteiger partial charge < -0.3 is 9.15 Å². The zero-order chi connectivity index (χ0) is 18.6. The summed E-state index contributed by atoms with van der Waals surface area (Å²) in [5, 5.41) is 13.0. The van der Waals surface area contributed by atoms with Crippen molar-refractivity contribution in [3.05, 3.63) is 54.3 Å². The first kappa shape index (κ1) is 18.4. The lowest BCUT2D eigenvalue weighted by Gasteiger charge is -2.05. The first-order chi connectivity index (χ1) is 12.4. The van der Waals surface area contributed by atoms with Crippen LogP contribution in [-0.2, 0) is 10.0 Å². The summed E-state index contributed by atoms with van der Waals surface area (Å²) < 4.78 is 46.9. The van der Waals surface area contributed by atoms with Crippen LogP contribution in [-0.4, -0.2) is 31.0 Å². The van der Waals surface area contributed by atoms with Crippen LogP contribution in [0.1, 0.15) is 0 Å². The molecule has 0 amide bonds. The van der Waals surface area contributed by atoms with Gasteiger partial charge in [-0.15, -0.1) is 10.2 Å². The van der Waals surface area contributed by atoms with E-state index in [0.717, 1.165) is 0 Å². The third kappa shape index (κ3) is 4.59. The van der Waals surface area contributed by atoms with Gasteiger partial charge in [-0.25, -0.2) is 17.9 Å². The number of benzene rings is 2. The Balaban J connectivity index is 1.51. The summed E-state index contributed by atoms with van der Waals surface area (Å²) in [4.78, 5) is 0.0192. The summed E-state index contributed by atoms with van der Waals surface area (Å²) in [6.07, 6.45) is 0. The second kappa shape index (κ2) is 7.85. The molecule has 0 unspecified atom stereocenters. The SMILES string of the molecule is NS(=O)(=O)c1ccc(OCCSc2nnc(-c3ccccc3F)o2)cc1. The van der Waals surface area contributed by atoms with Crippen molar-refractivity contribution in [2.75, 3.05) is 12.4 Å². The van der Waals surface area contributed by atoms with E-state index in [0.29, 0.717) is 23.3 Å². The topological polar surface area (TPSA) is 108 Å². The number of rotatable bonds is 7. The van der Waals surface area contributed by atoms with Gasteiger partial charge in [-0.1, -0.05) is 23.9 Å². The van der Waals surface area contributed by atoms with Gasteiger partial charge in [-0.3, -0.25) is 0 Å². The lowest BCUT2D eigenvalue weighted by Crippen LogP contribution is -2.11. The molecule has 3 rings (SSSR count). The largest absolute Gasteiger partial charge is 0.493 e. The molecular formula is C16H14FN3O4S2. The van der Waals surface area contributed by atoms with Crippen LogP contribution < -0.4 is 9.88 Å². The Morgan fingerprint density at radius 3 is 2.54 bits per heavy atom. The van der Waals surface area contributed by atoms with E-state index < -0.39 is 15.8 Å². The van der Waals surface area contributed by atoms with E-state index in [1.54, 1.807) is 18.2 Å². The van der Waals surface area contributed by atoms with Crippen molar-refractivity contribution in [2.24, 2.45) is 5.14 Å². The maximum Gasteiger partial charge on any atom is 0.276 e. The van der Waals surface area contributed by atoms with E-state index in [2.05, 4.69) is 10.2 Å². The summed E-state index contributed by atoms with van der Waals surface area (Å²) in [6, 6.07) is 11.9. The quantitative estimate of drug-likeness (QED) is 0.484. The molecule has 0 saturated heterocycles. The summed E-state index contributed by atoms with van der Waals surface area (Å²) in [5.74, 6) is 0.704. The van der Waals surface area contributed by atoms with Gasteiger partial charge in [0, 0.05) is 5.75 Å². The molecule has 0 aliphatic heterocycles. The van der Waals surface area contributed by atoms with E-state index in [-0.39, 0.29) is 16.3 Å². The number of nitrogens with two attached hydrogens (primary N) is 1. The van der Waals surface area contributed by atoms with Gasteiger partial charge in [0.15, 0.2) is 0 Å². The number of thioether (sulfide) groups is 1. The summed E-state index contributed by atoms with van der Waals surface area (Å²) >= 11 is 1.26. The molecule has 0 aliphatic carbocycles. The molecule has 0 radical (unpaired) electrons. The standard InChI is InChI=1S/C16H14FN3O4S2/c17-14-4-2-1-3-13(14)15-19-20-16(24-15)25-10-9-23-11-5-7-12(8-6-11)26(18,21)22/h1-8H,9-10H2,(H2,18,21,22). The number of hydrogen-bond donors (Lipinski definition) is 1. The van der Waals surface area contributed by atoms with Crippen molar-refractivity contribution in [2.45, 2.75) is 10.1 Å². The van der Waals surface area contributed by atoms with Crippen LogP contribution >= 0.6 is 11.8 Å². The molecule has 1 aromatic heterocycles. The van der Waals surface area contributed by atoms with E-state index in [1.807, 2.05) is 0 Å². The lowest BCUT2D eigenvalue weighted by molar-refractivity contribution is 0.343. The maximum absolute atomic E-state index is 13.7. The molecule has 2 aromatic carbocycles. The molecular weight excluding hydrogens is 381 g/mol. The molecule has 0 saturated carbocycles. The van der Waals surface area contributed by atoms with Crippen LogP contribution in [0.3, 0.4) is 0 Å². The van der Waals surface area contributed by atoms with Crippen LogP contribution in [0.25, 0.3) is 11.5 Å². The summed E-state index contributed by atoms with van der Waals surface area (Å²) in [7, 11) is -3.72. The highest BCUT2D eigenvalue weighted by Gasteiger charge is 2.12. The van der Waals surface area contributed by atoms with Crippen molar-refractivity contribution in [1.29, 1.82) is 0 Å². The Bertz CT molecular complexity index is 991. The smallest absolute Gasteiger partial charge is 0.276 e. The Morgan fingerprint density at radius 1 is 1.12 bits per heavy atom. The molecule has 0 fully saturated rings. The second-order valence-corrected chi connectivity index (χ2v) is 7.67. The first-order valence-electron chi connectivity index (χ1n) is 7.40. The molecule has 7 nitrogen and oxygen atoms in total. The molecule has 2 N–H and O–H groups in total. The Kier molecular flexibility index (Phi) is 5.55. The summed E-state index contributed by atoms with van der Waals surface area (Å²) in [6.45, 7) is 0.330. The van der Waals surface area contributed by atoms with Crippen molar-refractivity contribution in [3.8, 4) is 17.2 Å². The highest BCUT2D eigenvalue weighted by molar-refractivity contribution is 7.99. The highest BCUT2D eigenvalue weighted by Crippen LogP contribution is 2.25. The molecule has 1 heterocycles. The zero-order valence-electron chi connectivity index (χ0n) is 13.3. The Hall–Kier alpha value is -2.43. The predicted octanol–water partition coefficient (Wildman–Crippen LogP) is 2.69. The van der Waals surface area contributed by atoms with E-state index in [1.165, 1.54) is 42.1 Å². The van der Waals surface area contributed by atoms with Crippen molar-refractivity contribution < 1.29 is 22.0 Å². The number of sulfonamides is 1. The molecule has 136 valence electrons. The molecule has 0 atom stereocenters. The van der Waals surface area contributed by atoms with E-state index in [9.17, 15) is 12.8 Å². The number of ether oxygens (including phenoxy) is 1. The van der Waals surface area contributed by atoms with Crippen LogP contribution in [0.2, 0.25) is 0 Å². The molecule has 10 heteroatoms. The van der Waals surface area contributed by atoms with Gasteiger partial charge in [-0.2, -0.15) is 0 Å². The van der Waals surface area contributed by atoms with Crippen LogP contribution in [0.15, 0.2) is 63.1 Å². The minimum atomic E-state index is -3.72. The third-order valence-corrected chi connectivity index (χ3v) is 4.95. The number of primary sulfonamides is 1. The highest BCUT2D eigenvalue weighted by atomic mass is 32.2. The fraction of sp³-hybridized carbons (Fsp3) is 0.125. The zero-order valence-corrected chi connectivity index (χ0v) is 15.0. The average molecular weight is 395 g/mol. The average Bonchev–Trinajstić information content (AvgIpc) is 3.07. The van der Waals surface area contributed by atoms with Gasteiger partial charge in [0.25, 0.3) is 11.1 Å². The summed E-state index contributed by atoms with van der Waals surface area (Å²) in [5.41, 5.74) is 0.248. The number of halogens is 1. The molecule has 3 aromatic rings. The fourth-order valence-corrected chi connectivity index (χ4v) is 3.12. The minimum Gasteiger partial charge on any atom is -0.493 e. The van der Waals surface area contributed by atoms with Crippen molar-refractivity contribution in [1.82, 2.24) is 10.2 Å². The third-order valence-electron chi connectivity index (χ3n) is 3.24. The van der Waals surface area contributed by atoms with Gasteiger partial charge in [-0.05, 0) is 36.4 Å². The van der Waals surface area contributed by atoms with Gasteiger partial charge in [0.2, 0.25) is 10.0 Å². The molecule has 0 aliphatic rings. The second-order valence-electron chi connectivity index (χ2n) is 5.07. The number of hydrogen-bond acceptors (Lipinski definition) is 7. The lowest BCUT2D eigenvalue weighted by atomic mass is 10.2. The normalized spacial score (nSPS) is 11.5. The van der Waals surface area contributed by atoms with Crippen LogP contribution in [0, 0.1) is 5.82 Å². The van der Waals surface area contributed by atoms with Crippen molar-refractivity contribution >= 4 is 21.8 Å². The van der Waals surface area contributed by atoms with Gasteiger partial charge in [0.05, 0.1) is 17.1 Å². The van der Waals surface area contributed by atoms with Gasteiger partial charge >= 0.3 is 0 Å². The molecule has 0 bridgehead atoms. The van der Waals surface area contributed by atoms with Gasteiger partial charge in [0.1, 0.15) is 11.6 Å². The predicted molar refractivity (Wildman–Crippen MR) is 93.7 cm³/mol. The van der Waals surface area contributed by atoms with E-state index in [4.69, 9.17) is 14.3 Å². The number of aromatic nitrogens is 2. The van der Waals surface area contributed by atoms with Crippen molar-refractivity contribution in [3.63, 3.8) is 0 Å². The number of nitrogens with zero attached hydrogens (tertiary/aromatic N) is 2. The monoisotopic (exact) mass is 395 g/mol. The Morgan fingerprint density at radius 2 is 1.85 bits per heavy atom. The Labute approximate surface area is 153 Å². The minimum absolute atomic E-state index is 0.0192. The maximum atomic E-state index is 13.7. The fourth-order valence-electron chi connectivity index (χ4n) is 2.03. The van der Waals surface area contributed by atoms with Crippen LogP contribution in [0.5, 0.6) is 5.75 Å². The van der Waals surface area contributed by atoms with Crippen LogP contribution in [0.4, 0.5) is 4.39 Å². The molecule has 0 spiro atoms.